The Bertz CT molecular complexity index is 482. The van der Waals surface area contributed by atoms with Gasteiger partial charge in [-0.3, -0.25) is 9.89 Å². The highest BCUT2D eigenvalue weighted by Gasteiger charge is 2.38. The van der Waals surface area contributed by atoms with Crippen molar-refractivity contribution in [3.8, 4) is 0 Å². The van der Waals surface area contributed by atoms with Crippen LogP contribution in [0.15, 0.2) is 29.3 Å². The molecular formula is C12H12N2O2. The van der Waals surface area contributed by atoms with Crippen molar-refractivity contribution in [3.05, 3.63) is 35.4 Å². The molecule has 0 saturated heterocycles. The number of carbonyl (C=O) groups excluding carboxylic acids is 1. The van der Waals surface area contributed by atoms with E-state index in [1.54, 1.807) is 0 Å². The van der Waals surface area contributed by atoms with Crippen molar-refractivity contribution in [2.45, 2.75) is 6.04 Å². The van der Waals surface area contributed by atoms with Crippen LogP contribution in [0.4, 0.5) is 0 Å². The van der Waals surface area contributed by atoms with Gasteiger partial charge in [-0.05, 0) is 5.56 Å². The second-order valence-electron chi connectivity index (χ2n) is 4.01. The van der Waals surface area contributed by atoms with Crippen molar-refractivity contribution < 1.29 is 9.53 Å². The number of fused-ring (bicyclic) bond motifs is 4. The zero-order valence-corrected chi connectivity index (χ0v) is 9.01. The number of esters is 1. The van der Waals surface area contributed by atoms with Crippen LogP contribution in [0.3, 0.4) is 0 Å². The minimum atomic E-state index is -0.295. The Hall–Kier alpha value is -1.68. The van der Waals surface area contributed by atoms with E-state index in [2.05, 4.69) is 4.99 Å². The lowest BCUT2D eigenvalue weighted by molar-refractivity contribution is -0.146. The fraction of sp³-hybridized carbons (Fsp3) is 0.333. The van der Waals surface area contributed by atoms with Gasteiger partial charge in [0.15, 0.2) is 0 Å². The second kappa shape index (κ2) is 3.42. The van der Waals surface area contributed by atoms with Gasteiger partial charge in [0, 0.05) is 12.1 Å². The number of nitrogens with zero attached hydrogens (tertiary/aromatic N) is 2. The Morgan fingerprint density at radius 3 is 3.12 bits per heavy atom. The Morgan fingerprint density at radius 2 is 2.31 bits per heavy atom. The van der Waals surface area contributed by atoms with Gasteiger partial charge in [0.2, 0.25) is 0 Å². The molecule has 16 heavy (non-hydrogen) atoms. The zero-order chi connectivity index (χ0) is 11.1. The van der Waals surface area contributed by atoms with E-state index >= 15 is 0 Å². The highest BCUT2D eigenvalue weighted by atomic mass is 16.5. The maximum atomic E-state index is 11.8. The Kier molecular flexibility index (Phi) is 2.04. The van der Waals surface area contributed by atoms with E-state index in [1.165, 1.54) is 7.11 Å². The Balaban J connectivity index is 2.13. The van der Waals surface area contributed by atoms with Crippen LogP contribution in [0.1, 0.15) is 17.2 Å². The molecule has 3 rings (SSSR count). The van der Waals surface area contributed by atoms with Crippen LogP contribution in [-0.4, -0.2) is 36.9 Å². The van der Waals surface area contributed by atoms with Gasteiger partial charge in [-0.25, -0.2) is 4.79 Å². The van der Waals surface area contributed by atoms with E-state index in [1.807, 2.05) is 29.2 Å². The van der Waals surface area contributed by atoms with Crippen molar-refractivity contribution in [1.29, 1.82) is 0 Å². The summed E-state index contributed by atoms with van der Waals surface area (Å²) in [4.78, 5) is 18.3. The average Bonchev–Trinajstić information content (AvgIpc) is 2.74. The number of hydrogen-bond donors (Lipinski definition) is 0. The normalized spacial score (nSPS) is 25.9. The van der Waals surface area contributed by atoms with Crippen LogP contribution < -0.4 is 0 Å². The standard InChI is InChI=1S/C12H12N2O2/c1-16-12(15)11-9-5-3-2-4-8(9)10-6-14(11)7-13-10/h2-5,11H,6-7H2,1H3. The first-order valence-electron chi connectivity index (χ1n) is 5.26. The van der Waals surface area contributed by atoms with Crippen molar-refractivity contribution >= 4 is 11.7 Å². The lowest BCUT2D eigenvalue weighted by Gasteiger charge is -2.29. The third-order valence-corrected chi connectivity index (χ3v) is 3.15. The predicted octanol–water partition coefficient (Wildman–Crippen LogP) is 0.976. The number of benzene rings is 1. The van der Waals surface area contributed by atoms with Gasteiger partial charge in [-0.2, -0.15) is 0 Å². The molecule has 2 heterocycles. The van der Waals surface area contributed by atoms with Crippen LogP contribution in [0.5, 0.6) is 0 Å². The van der Waals surface area contributed by atoms with E-state index in [-0.39, 0.29) is 12.0 Å². The fourth-order valence-corrected chi connectivity index (χ4v) is 2.39. The number of rotatable bonds is 1. The summed E-state index contributed by atoms with van der Waals surface area (Å²) in [5, 5.41) is 0. The van der Waals surface area contributed by atoms with Crippen molar-refractivity contribution in [3.63, 3.8) is 0 Å². The van der Waals surface area contributed by atoms with Crippen LogP contribution in [-0.2, 0) is 9.53 Å². The molecule has 4 nitrogen and oxygen atoms in total. The first kappa shape index (κ1) is 9.54. The lowest BCUT2D eigenvalue weighted by Crippen LogP contribution is -2.39. The molecule has 2 aliphatic heterocycles. The molecule has 0 amide bonds. The van der Waals surface area contributed by atoms with E-state index in [9.17, 15) is 4.79 Å². The summed E-state index contributed by atoms with van der Waals surface area (Å²) in [6, 6.07) is 7.62. The molecule has 2 atom stereocenters. The van der Waals surface area contributed by atoms with Crippen molar-refractivity contribution in [2.75, 3.05) is 20.3 Å². The van der Waals surface area contributed by atoms with Gasteiger partial charge < -0.3 is 4.74 Å². The molecule has 1 aromatic carbocycles. The van der Waals surface area contributed by atoms with Gasteiger partial charge in [-0.1, -0.05) is 24.3 Å². The second-order valence-corrected chi connectivity index (χ2v) is 4.01. The predicted molar refractivity (Wildman–Crippen MR) is 59.3 cm³/mol. The van der Waals surface area contributed by atoms with Crippen LogP contribution in [0, 0.1) is 0 Å². The van der Waals surface area contributed by atoms with E-state index < -0.39 is 0 Å². The van der Waals surface area contributed by atoms with Crippen molar-refractivity contribution in [1.82, 2.24) is 4.90 Å². The Morgan fingerprint density at radius 1 is 1.50 bits per heavy atom. The summed E-state index contributed by atoms with van der Waals surface area (Å²) < 4.78 is 4.87. The number of aliphatic imine (C=N–C) groups is 1. The summed E-state index contributed by atoms with van der Waals surface area (Å²) in [6.45, 7) is 1.33. The monoisotopic (exact) mass is 216 g/mol. The number of carbonyl (C=O) groups is 1. The summed E-state index contributed by atoms with van der Waals surface area (Å²) in [5.74, 6) is -0.205. The quantitative estimate of drug-likeness (QED) is 0.657. The van der Waals surface area contributed by atoms with Gasteiger partial charge in [0.25, 0.3) is 0 Å². The zero-order valence-electron chi connectivity index (χ0n) is 9.01. The molecule has 0 spiro atoms. The smallest absolute Gasteiger partial charge is 0.327 e. The largest absolute Gasteiger partial charge is 0.468 e. The molecule has 0 fully saturated rings. The third kappa shape index (κ3) is 1.20. The maximum Gasteiger partial charge on any atom is 0.327 e. The molecule has 4 heteroatoms. The SMILES string of the molecule is COC(=O)C1c2ccccc2C2=NCN1C2. The molecule has 82 valence electrons. The van der Waals surface area contributed by atoms with E-state index in [0.29, 0.717) is 6.67 Å². The van der Waals surface area contributed by atoms with Crippen molar-refractivity contribution in [2.24, 2.45) is 4.99 Å². The average molecular weight is 216 g/mol. The molecule has 0 aliphatic carbocycles. The molecule has 0 N–H and O–H groups in total. The number of ether oxygens (including phenoxy) is 1. The summed E-state index contributed by atoms with van der Waals surface area (Å²) >= 11 is 0. The summed E-state index contributed by atoms with van der Waals surface area (Å²) in [6.07, 6.45) is 0. The third-order valence-electron chi connectivity index (χ3n) is 3.15. The summed E-state index contributed by atoms with van der Waals surface area (Å²) in [5.41, 5.74) is 3.18. The highest BCUT2D eigenvalue weighted by molar-refractivity contribution is 6.07. The van der Waals surface area contributed by atoms with Crippen LogP contribution in [0.2, 0.25) is 0 Å². The van der Waals surface area contributed by atoms with Gasteiger partial charge in [-0.15, -0.1) is 0 Å². The molecule has 2 bridgehead atoms. The van der Waals surface area contributed by atoms with Crippen LogP contribution >= 0.6 is 0 Å². The molecule has 0 radical (unpaired) electrons. The molecule has 2 aliphatic rings. The fourth-order valence-electron chi connectivity index (χ4n) is 2.39. The molecule has 2 unspecified atom stereocenters. The first-order valence-corrected chi connectivity index (χ1v) is 5.26. The highest BCUT2D eigenvalue weighted by Crippen LogP contribution is 2.33. The molecule has 0 saturated carbocycles. The van der Waals surface area contributed by atoms with Gasteiger partial charge >= 0.3 is 5.97 Å². The minimum Gasteiger partial charge on any atom is -0.468 e. The Labute approximate surface area is 93.5 Å². The minimum absolute atomic E-state index is 0.205. The number of methoxy groups -OCH3 is 1. The first-order chi connectivity index (χ1) is 7.81. The molecule has 0 aromatic heterocycles. The molecular weight excluding hydrogens is 204 g/mol. The van der Waals surface area contributed by atoms with Crippen LogP contribution in [0.25, 0.3) is 0 Å². The van der Waals surface area contributed by atoms with Gasteiger partial charge in [0.05, 0.1) is 19.5 Å². The maximum absolute atomic E-state index is 11.8. The van der Waals surface area contributed by atoms with Gasteiger partial charge in [0.1, 0.15) is 6.04 Å². The number of hydrogen-bond acceptors (Lipinski definition) is 4. The van der Waals surface area contributed by atoms with E-state index in [4.69, 9.17) is 4.74 Å². The lowest BCUT2D eigenvalue weighted by atomic mass is 9.92. The molecule has 1 aromatic rings. The summed E-state index contributed by atoms with van der Waals surface area (Å²) in [7, 11) is 1.43. The topological polar surface area (TPSA) is 41.9 Å². The van der Waals surface area contributed by atoms with E-state index in [0.717, 1.165) is 23.4 Å².